The lowest BCUT2D eigenvalue weighted by Crippen LogP contribution is -2.42. The number of rotatable bonds is 3. The zero-order chi connectivity index (χ0) is 19.9. The first-order valence-corrected chi connectivity index (χ1v) is 11.2. The number of allylic oxidation sites excluding steroid dienone is 2. The minimum absolute atomic E-state index is 0.285. The summed E-state index contributed by atoms with van der Waals surface area (Å²) >= 11 is 0. The molecule has 2 heterocycles. The van der Waals surface area contributed by atoms with Crippen LogP contribution in [0.3, 0.4) is 0 Å². The molecule has 0 radical (unpaired) electrons. The second-order valence-electron chi connectivity index (χ2n) is 10.1. The topological polar surface area (TPSA) is 33.2 Å². The molecule has 0 bridgehead atoms. The molecule has 0 aromatic carbocycles. The Hall–Kier alpha value is -1.64. The van der Waals surface area contributed by atoms with Gasteiger partial charge < -0.3 is 4.90 Å². The van der Waals surface area contributed by atoms with Crippen molar-refractivity contribution in [3.05, 3.63) is 36.2 Å². The van der Waals surface area contributed by atoms with Crippen LogP contribution in [0.15, 0.2) is 30.6 Å². The third-order valence-electron chi connectivity index (χ3n) is 8.87. The summed E-state index contributed by atoms with van der Waals surface area (Å²) in [5, 5.41) is 0. The first kappa shape index (κ1) is 19.7. The van der Waals surface area contributed by atoms with E-state index < -0.39 is 0 Å². The van der Waals surface area contributed by atoms with Crippen LogP contribution >= 0.6 is 0 Å². The lowest BCUT2D eigenvalue weighted by Gasteiger charge is -2.50. The SMILES string of the molecule is CCC1CC(=O)N(C)CCC1(C)C1CCC2(C)C(c3cccnc3)=CCC2C1. The number of hydrogen-bond acceptors (Lipinski definition) is 2. The highest BCUT2D eigenvalue weighted by atomic mass is 16.2. The summed E-state index contributed by atoms with van der Waals surface area (Å²) in [6.07, 6.45) is 14.5. The van der Waals surface area contributed by atoms with Crippen molar-refractivity contribution in [3.63, 3.8) is 0 Å². The van der Waals surface area contributed by atoms with Crippen LogP contribution in [0.25, 0.3) is 5.57 Å². The zero-order valence-corrected chi connectivity index (χ0v) is 18.1. The summed E-state index contributed by atoms with van der Waals surface area (Å²) in [4.78, 5) is 18.8. The van der Waals surface area contributed by atoms with Crippen LogP contribution in [-0.2, 0) is 4.79 Å². The Bertz CT molecular complexity index is 757. The van der Waals surface area contributed by atoms with E-state index in [0.29, 0.717) is 11.8 Å². The van der Waals surface area contributed by atoms with Gasteiger partial charge in [-0.15, -0.1) is 0 Å². The molecule has 1 saturated carbocycles. The Morgan fingerprint density at radius 2 is 2.07 bits per heavy atom. The van der Waals surface area contributed by atoms with Gasteiger partial charge in [0, 0.05) is 32.4 Å². The Morgan fingerprint density at radius 1 is 1.25 bits per heavy atom. The first-order chi connectivity index (χ1) is 13.4. The molecule has 152 valence electrons. The Labute approximate surface area is 170 Å². The third-order valence-corrected chi connectivity index (χ3v) is 8.87. The van der Waals surface area contributed by atoms with E-state index in [1.165, 1.54) is 36.8 Å². The van der Waals surface area contributed by atoms with Gasteiger partial charge >= 0.3 is 0 Å². The van der Waals surface area contributed by atoms with Gasteiger partial charge in [-0.1, -0.05) is 39.3 Å². The van der Waals surface area contributed by atoms with E-state index in [0.717, 1.165) is 37.6 Å². The number of carbonyl (C=O) groups excluding carboxylic acids is 1. The second kappa shape index (κ2) is 7.31. The van der Waals surface area contributed by atoms with Gasteiger partial charge in [-0.25, -0.2) is 0 Å². The standard InChI is InChI=1S/C25H36N2O/c1-5-19-16-23(28)27(4)14-12-24(19,2)21-10-11-25(3)20(15-21)8-9-22(25)18-7-6-13-26-17-18/h6-7,9,13,17,19-21H,5,8,10-12,14-16H2,1-4H3. The second-order valence-corrected chi connectivity index (χ2v) is 10.1. The Morgan fingerprint density at radius 3 is 2.79 bits per heavy atom. The molecule has 4 rings (SSSR count). The molecule has 5 unspecified atom stereocenters. The van der Waals surface area contributed by atoms with Crippen molar-refractivity contribution in [3.8, 4) is 0 Å². The number of aromatic nitrogens is 1. The molecule has 1 amide bonds. The molecule has 0 N–H and O–H groups in total. The van der Waals surface area contributed by atoms with Gasteiger partial charge in [0.2, 0.25) is 5.91 Å². The molecule has 1 aromatic heterocycles. The molecule has 28 heavy (non-hydrogen) atoms. The van der Waals surface area contributed by atoms with Gasteiger partial charge in [0.1, 0.15) is 0 Å². The molecule has 5 atom stereocenters. The number of pyridine rings is 1. The minimum atomic E-state index is 0.285. The summed E-state index contributed by atoms with van der Waals surface area (Å²) in [5.74, 6) is 2.33. The van der Waals surface area contributed by atoms with Gasteiger partial charge in [0.25, 0.3) is 0 Å². The highest BCUT2D eigenvalue weighted by molar-refractivity contribution is 5.76. The van der Waals surface area contributed by atoms with Gasteiger partial charge in [0.05, 0.1) is 0 Å². The summed E-state index contributed by atoms with van der Waals surface area (Å²) in [6.45, 7) is 8.20. The molecule has 1 aliphatic heterocycles. The molecule has 3 nitrogen and oxygen atoms in total. The number of amides is 1. The van der Waals surface area contributed by atoms with Crippen LogP contribution in [0, 0.1) is 28.6 Å². The molecular formula is C25H36N2O. The van der Waals surface area contributed by atoms with Crippen LogP contribution < -0.4 is 0 Å². The molecule has 1 aromatic rings. The highest BCUT2D eigenvalue weighted by Crippen LogP contribution is 2.61. The minimum Gasteiger partial charge on any atom is -0.346 e. The van der Waals surface area contributed by atoms with Gasteiger partial charge in [-0.2, -0.15) is 0 Å². The molecule has 3 aliphatic rings. The van der Waals surface area contributed by atoms with Crippen molar-refractivity contribution in [2.75, 3.05) is 13.6 Å². The molecule has 3 heteroatoms. The number of carbonyl (C=O) groups is 1. The van der Waals surface area contributed by atoms with Crippen molar-refractivity contribution in [2.45, 2.75) is 65.7 Å². The maximum absolute atomic E-state index is 12.5. The van der Waals surface area contributed by atoms with E-state index in [9.17, 15) is 4.79 Å². The number of fused-ring (bicyclic) bond motifs is 1. The number of hydrogen-bond donors (Lipinski definition) is 0. The smallest absolute Gasteiger partial charge is 0.222 e. The monoisotopic (exact) mass is 380 g/mol. The molecule has 1 saturated heterocycles. The Balaban J connectivity index is 1.55. The summed E-state index contributed by atoms with van der Waals surface area (Å²) in [5.41, 5.74) is 3.41. The van der Waals surface area contributed by atoms with Crippen molar-refractivity contribution in [2.24, 2.45) is 28.6 Å². The number of likely N-dealkylation sites (tertiary alicyclic amines) is 1. The van der Waals surface area contributed by atoms with Crippen LogP contribution in [0.5, 0.6) is 0 Å². The summed E-state index contributed by atoms with van der Waals surface area (Å²) < 4.78 is 0. The number of nitrogens with zero attached hydrogens (tertiary/aromatic N) is 2. The molecule has 2 fully saturated rings. The van der Waals surface area contributed by atoms with Crippen LogP contribution in [0.4, 0.5) is 0 Å². The first-order valence-electron chi connectivity index (χ1n) is 11.2. The maximum Gasteiger partial charge on any atom is 0.222 e. The van der Waals surface area contributed by atoms with E-state index in [1.807, 2.05) is 24.3 Å². The third kappa shape index (κ3) is 3.11. The molecule has 2 aliphatic carbocycles. The van der Waals surface area contributed by atoms with Crippen LogP contribution in [0.1, 0.15) is 71.3 Å². The maximum atomic E-state index is 12.5. The van der Waals surface area contributed by atoms with Gasteiger partial charge in [0.15, 0.2) is 0 Å². The van der Waals surface area contributed by atoms with Crippen LogP contribution in [0.2, 0.25) is 0 Å². The fraction of sp³-hybridized carbons (Fsp3) is 0.680. The predicted octanol–water partition coefficient (Wildman–Crippen LogP) is 5.58. The average Bonchev–Trinajstić information content (AvgIpc) is 3.01. The van der Waals surface area contributed by atoms with Crippen molar-refractivity contribution >= 4 is 11.5 Å². The summed E-state index contributed by atoms with van der Waals surface area (Å²) in [7, 11) is 1.99. The lowest BCUT2D eigenvalue weighted by molar-refractivity contribution is -0.130. The van der Waals surface area contributed by atoms with Crippen molar-refractivity contribution in [1.82, 2.24) is 9.88 Å². The van der Waals surface area contributed by atoms with Crippen LogP contribution in [-0.4, -0.2) is 29.4 Å². The van der Waals surface area contributed by atoms with Gasteiger partial charge in [-0.3, -0.25) is 9.78 Å². The summed E-state index contributed by atoms with van der Waals surface area (Å²) in [6, 6.07) is 4.28. The van der Waals surface area contributed by atoms with Crippen molar-refractivity contribution < 1.29 is 4.79 Å². The van der Waals surface area contributed by atoms with E-state index in [1.54, 1.807) is 0 Å². The fourth-order valence-electron chi connectivity index (χ4n) is 6.66. The largest absolute Gasteiger partial charge is 0.346 e. The average molecular weight is 381 g/mol. The molecular weight excluding hydrogens is 344 g/mol. The van der Waals surface area contributed by atoms with Gasteiger partial charge in [-0.05, 0) is 77.9 Å². The fourth-order valence-corrected chi connectivity index (χ4v) is 6.66. The molecule has 0 spiro atoms. The Kier molecular flexibility index (Phi) is 5.14. The predicted molar refractivity (Wildman–Crippen MR) is 115 cm³/mol. The van der Waals surface area contributed by atoms with E-state index >= 15 is 0 Å². The lowest BCUT2D eigenvalue weighted by atomic mass is 9.54. The normalized spacial score (nSPS) is 38.7. The zero-order valence-electron chi connectivity index (χ0n) is 18.1. The van der Waals surface area contributed by atoms with E-state index in [4.69, 9.17) is 0 Å². The van der Waals surface area contributed by atoms with E-state index in [2.05, 4.69) is 44.0 Å². The quantitative estimate of drug-likeness (QED) is 0.686. The van der Waals surface area contributed by atoms with Crippen molar-refractivity contribution in [1.29, 1.82) is 0 Å². The highest BCUT2D eigenvalue weighted by Gasteiger charge is 2.51. The van der Waals surface area contributed by atoms with E-state index in [-0.39, 0.29) is 10.8 Å².